The van der Waals surface area contributed by atoms with E-state index < -0.39 is 5.60 Å². The van der Waals surface area contributed by atoms with Crippen molar-refractivity contribution < 1.29 is 19.1 Å². The van der Waals surface area contributed by atoms with Gasteiger partial charge >= 0.3 is 0 Å². The van der Waals surface area contributed by atoms with Crippen molar-refractivity contribution in [2.75, 3.05) is 59.6 Å². The zero-order chi connectivity index (χ0) is 16.3. The van der Waals surface area contributed by atoms with Crippen LogP contribution in [0.5, 0.6) is 0 Å². The van der Waals surface area contributed by atoms with E-state index in [0.717, 1.165) is 19.3 Å². The Morgan fingerprint density at radius 2 is 2.04 bits per heavy atom. The number of nitrogens with zero attached hydrogens (tertiary/aromatic N) is 2. The van der Waals surface area contributed by atoms with Crippen LogP contribution in [-0.2, 0) is 19.1 Å². The molecule has 0 bridgehead atoms. The molecule has 2 heterocycles. The third-order valence-electron chi connectivity index (χ3n) is 5.09. The standard InChI is InChI=1S/C16H27N3O4/c1-17-14(20)9-18-5-7-22-12-16(10-18)11-19(6-8-23-16)15(21)13-3-2-4-13/h13H,2-12H2,1H3,(H,17,20)/t16-/m1/s1. The molecule has 2 saturated heterocycles. The molecule has 3 fully saturated rings. The van der Waals surface area contributed by atoms with Crippen molar-refractivity contribution in [3.63, 3.8) is 0 Å². The lowest BCUT2D eigenvalue weighted by Gasteiger charge is -2.44. The van der Waals surface area contributed by atoms with Crippen molar-refractivity contribution in [3.8, 4) is 0 Å². The summed E-state index contributed by atoms with van der Waals surface area (Å²) < 4.78 is 11.8. The third kappa shape index (κ3) is 3.84. The van der Waals surface area contributed by atoms with Gasteiger partial charge < -0.3 is 19.7 Å². The van der Waals surface area contributed by atoms with E-state index in [0.29, 0.717) is 52.5 Å². The van der Waals surface area contributed by atoms with Gasteiger partial charge in [-0.05, 0) is 12.8 Å². The average molecular weight is 325 g/mol. The fourth-order valence-corrected chi connectivity index (χ4v) is 3.53. The topological polar surface area (TPSA) is 71.1 Å². The number of ether oxygens (including phenoxy) is 2. The third-order valence-corrected chi connectivity index (χ3v) is 5.09. The molecule has 0 radical (unpaired) electrons. The molecular formula is C16H27N3O4. The second kappa shape index (κ2) is 7.15. The van der Waals surface area contributed by atoms with Crippen LogP contribution in [0.4, 0.5) is 0 Å². The molecule has 7 nitrogen and oxygen atoms in total. The largest absolute Gasteiger partial charge is 0.377 e. The Kier molecular flexibility index (Phi) is 5.18. The van der Waals surface area contributed by atoms with E-state index in [1.807, 2.05) is 4.90 Å². The van der Waals surface area contributed by atoms with Gasteiger partial charge in [0.15, 0.2) is 0 Å². The fraction of sp³-hybridized carbons (Fsp3) is 0.875. The Morgan fingerprint density at radius 3 is 2.74 bits per heavy atom. The van der Waals surface area contributed by atoms with E-state index in [4.69, 9.17) is 9.47 Å². The van der Waals surface area contributed by atoms with E-state index in [9.17, 15) is 9.59 Å². The Bertz CT molecular complexity index is 455. The highest BCUT2D eigenvalue weighted by Gasteiger charge is 2.43. The summed E-state index contributed by atoms with van der Waals surface area (Å²) in [5.41, 5.74) is -0.512. The summed E-state index contributed by atoms with van der Waals surface area (Å²) in [5, 5.41) is 2.65. The molecule has 130 valence electrons. The van der Waals surface area contributed by atoms with Gasteiger partial charge in [-0.25, -0.2) is 0 Å². The van der Waals surface area contributed by atoms with Crippen LogP contribution in [0, 0.1) is 5.92 Å². The second-order valence-corrected chi connectivity index (χ2v) is 6.86. The summed E-state index contributed by atoms with van der Waals surface area (Å²) in [6, 6.07) is 0. The summed E-state index contributed by atoms with van der Waals surface area (Å²) in [4.78, 5) is 28.2. The fourth-order valence-electron chi connectivity index (χ4n) is 3.53. The second-order valence-electron chi connectivity index (χ2n) is 6.86. The van der Waals surface area contributed by atoms with Gasteiger partial charge in [-0.1, -0.05) is 6.42 Å². The molecule has 0 aromatic rings. The molecule has 0 unspecified atom stereocenters. The normalized spacial score (nSPS) is 29.9. The SMILES string of the molecule is CNC(=O)CN1CCOC[C@@]2(C1)CN(C(=O)C1CCC1)CCO2. The molecule has 0 aromatic carbocycles. The highest BCUT2D eigenvalue weighted by Crippen LogP contribution is 2.30. The lowest BCUT2D eigenvalue weighted by Crippen LogP contribution is -2.61. The first-order valence-corrected chi connectivity index (χ1v) is 8.55. The molecule has 2 aliphatic heterocycles. The van der Waals surface area contributed by atoms with Gasteiger partial charge in [-0.3, -0.25) is 14.5 Å². The monoisotopic (exact) mass is 325 g/mol. The highest BCUT2D eigenvalue weighted by atomic mass is 16.5. The minimum absolute atomic E-state index is 0.0136. The van der Waals surface area contributed by atoms with Gasteiger partial charge in [-0.15, -0.1) is 0 Å². The number of rotatable bonds is 3. The van der Waals surface area contributed by atoms with Crippen LogP contribution < -0.4 is 5.32 Å². The lowest BCUT2D eigenvalue weighted by atomic mass is 9.84. The van der Waals surface area contributed by atoms with Crippen molar-refractivity contribution in [2.45, 2.75) is 24.9 Å². The molecule has 2 amide bonds. The number of morpholine rings is 1. The number of amides is 2. The minimum Gasteiger partial charge on any atom is -0.377 e. The van der Waals surface area contributed by atoms with Crippen LogP contribution in [0.3, 0.4) is 0 Å². The Morgan fingerprint density at radius 1 is 1.22 bits per heavy atom. The minimum atomic E-state index is -0.512. The molecule has 1 saturated carbocycles. The first kappa shape index (κ1) is 16.7. The quantitative estimate of drug-likeness (QED) is 0.755. The lowest BCUT2D eigenvalue weighted by molar-refractivity contribution is -0.166. The predicted molar refractivity (Wildman–Crippen MR) is 83.9 cm³/mol. The van der Waals surface area contributed by atoms with Crippen molar-refractivity contribution in [3.05, 3.63) is 0 Å². The number of hydrogen-bond donors (Lipinski definition) is 1. The molecule has 0 aromatic heterocycles. The smallest absolute Gasteiger partial charge is 0.233 e. The Labute approximate surface area is 137 Å². The summed E-state index contributed by atoms with van der Waals surface area (Å²) in [6.07, 6.45) is 3.19. The first-order chi connectivity index (χ1) is 11.1. The van der Waals surface area contributed by atoms with Crippen LogP contribution in [-0.4, -0.2) is 86.8 Å². The zero-order valence-electron chi connectivity index (χ0n) is 13.9. The van der Waals surface area contributed by atoms with Crippen LogP contribution >= 0.6 is 0 Å². The van der Waals surface area contributed by atoms with E-state index >= 15 is 0 Å². The predicted octanol–water partition coefficient (Wildman–Crippen LogP) is -0.538. The summed E-state index contributed by atoms with van der Waals surface area (Å²) in [5.74, 6) is 0.458. The zero-order valence-corrected chi connectivity index (χ0v) is 13.9. The molecule has 1 aliphatic carbocycles. The molecular weight excluding hydrogens is 298 g/mol. The maximum Gasteiger partial charge on any atom is 0.233 e. The van der Waals surface area contributed by atoms with Crippen molar-refractivity contribution >= 4 is 11.8 Å². The van der Waals surface area contributed by atoms with Crippen molar-refractivity contribution in [2.24, 2.45) is 5.92 Å². The van der Waals surface area contributed by atoms with E-state index in [1.54, 1.807) is 7.05 Å². The molecule has 1 atom stereocenters. The number of likely N-dealkylation sites (N-methyl/N-ethyl adjacent to an activating group) is 1. The molecule has 3 rings (SSSR count). The maximum atomic E-state index is 12.5. The molecule has 7 heteroatoms. The van der Waals surface area contributed by atoms with Crippen LogP contribution in [0.25, 0.3) is 0 Å². The number of carbonyl (C=O) groups is 2. The number of hydrogen-bond acceptors (Lipinski definition) is 5. The van der Waals surface area contributed by atoms with Gasteiger partial charge in [0.05, 0.1) is 32.9 Å². The van der Waals surface area contributed by atoms with Crippen LogP contribution in [0.15, 0.2) is 0 Å². The van der Waals surface area contributed by atoms with E-state index in [1.165, 1.54) is 0 Å². The summed E-state index contributed by atoms with van der Waals surface area (Å²) in [6.45, 7) is 4.48. The highest BCUT2D eigenvalue weighted by molar-refractivity contribution is 5.80. The number of nitrogens with one attached hydrogen (secondary N) is 1. The Balaban J connectivity index is 1.65. The average Bonchev–Trinajstić information content (AvgIpc) is 2.67. The number of carbonyl (C=O) groups excluding carboxylic acids is 2. The van der Waals surface area contributed by atoms with E-state index in [-0.39, 0.29) is 17.7 Å². The molecule has 3 aliphatic rings. The van der Waals surface area contributed by atoms with Crippen LogP contribution in [0.2, 0.25) is 0 Å². The van der Waals surface area contributed by atoms with Crippen molar-refractivity contribution in [1.82, 2.24) is 15.1 Å². The van der Waals surface area contributed by atoms with Gasteiger partial charge in [0, 0.05) is 32.6 Å². The summed E-state index contributed by atoms with van der Waals surface area (Å²) >= 11 is 0. The molecule has 23 heavy (non-hydrogen) atoms. The first-order valence-electron chi connectivity index (χ1n) is 8.55. The van der Waals surface area contributed by atoms with E-state index in [2.05, 4.69) is 10.2 Å². The van der Waals surface area contributed by atoms with Gasteiger partial charge in [0.25, 0.3) is 0 Å². The van der Waals surface area contributed by atoms with Crippen molar-refractivity contribution in [1.29, 1.82) is 0 Å². The van der Waals surface area contributed by atoms with Crippen LogP contribution in [0.1, 0.15) is 19.3 Å². The summed E-state index contributed by atoms with van der Waals surface area (Å²) in [7, 11) is 1.64. The van der Waals surface area contributed by atoms with Gasteiger partial charge in [0.1, 0.15) is 5.60 Å². The Hall–Kier alpha value is -1.18. The van der Waals surface area contributed by atoms with Gasteiger partial charge in [-0.2, -0.15) is 0 Å². The maximum absolute atomic E-state index is 12.5. The molecule has 1 N–H and O–H groups in total. The molecule has 1 spiro atoms. The van der Waals surface area contributed by atoms with Gasteiger partial charge in [0.2, 0.25) is 11.8 Å².